The Labute approximate surface area is 141 Å². The highest BCUT2D eigenvalue weighted by Crippen LogP contribution is 2.25. The van der Waals surface area contributed by atoms with Crippen molar-refractivity contribution >= 4 is 26.5 Å². The van der Waals surface area contributed by atoms with Crippen LogP contribution >= 0.6 is 0 Å². The molecule has 0 bridgehead atoms. The molecule has 2 aromatic carbocycles. The molecule has 1 aromatic heterocycles. The predicted molar refractivity (Wildman–Crippen MR) is 94.8 cm³/mol. The van der Waals surface area contributed by atoms with Crippen LogP contribution in [0.5, 0.6) is 5.75 Å². The van der Waals surface area contributed by atoms with E-state index in [4.69, 9.17) is 4.74 Å². The van der Waals surface area contributed by atoms with E-state index in [9.17, 15) is 8.42 Å². The first-order valence-electron chi connectivity index (χ1n) is 7.68. The summed E-state index contributed by atoms with van der Waals surface area (Å²) in [6, 6.07) is 14.0. The third-order valence-electron chi connectivity index (χ3n) is 3.48. The van der Waals surface area contributed by atoms with Crippen molar-refractivity contribution in [2.75, 3.05) is 11.3 Å². The normalized spacial score (nSPS) is 11.4. The summed E-state index contributed by atoms with van der Waals surface area (Å²) >= 11 is 0. The van der Waals surface area contributed by atoms with Crippen LogP contribution in [0.15, 0.2) is 65.8 Å². The molecule has 0 saturated carbocycles. The first-order chi connectivity index (χ1) is 11.6. The Bertz CT molecular complexity index is 941. The molecule has 0 saturated heterocycles. The molecule has 0 radical (unpaired) electrons. The average molecular weight is 342 g/mol. The Kier molecular flexibility index (Phi) is 4.66. The van der Waals surface area contributed by atoms with E-state index in [1.165, 1.54) is 6.20 Å². The predicted octanol–water partition coefficient (Wildman–Crippen LogP) is 3.82. The van der Waals surface area contributed by atoms with Crippen LogP contribution < -0.4 is 9.46 Å². The Morgan fingerprint density at radius 3 is 2.62 bits per heavy atom. The number of nitrogens with one attached hydrogen (secondary N) is 1. The number of nitrogens with zero attached hydrogens (tertiary/aromatic N) is 1. The SMILES string of the molecule is CCCOc1ccc2cc(S(=O)(=O)Nc3cccnc3)ccc2c1. The van der Waals surface area contributed by atoms with Crippen LogP contribution in [0, 0.1) is 0 Å². The van der Waals surface area contributed by atoms with Crippen LogP contribution in [0.3, 0.4) is 0 Å². The van der Waals surface area contributed by atoms with Gasteiger partial charge in [-0.15, -0.1) is 0 Å². The van der Waals surface area contributed by atoms with Crippen molar-refractivity contribution in [3.63, 3.8) is 0 Å². The van der Waals surface area contributed by atoms with Crippen molar-refractivity contribution < 1.29 is 13.2 Å². The lowest BCUT2D eigenvalue weighted by atomic mass is 10.1. The van der Waals surface area contributed by atoms with Gasteiger partial charge >= 0.3 is 0 Å². The number of fused-ring (bicyclic) bond motifs is 1. The van der Waals surface area contributed by atoms with Gasteiger partial charge in [0.1, 0.15) is 5.75 Å². The molecule has 0 amide bonds. The van der Waals surface area contributed by atoms with E-state index in [-0.39, 0.29) is 4.90 Å². The summed E-state index contributed by atoms with van der Waals surface area (Å²) in [5.41, 5.74) is 0.431. The number of benzene rings is 2. The van der Waals surface area contributed by atoms with Gasteiger partial charge in [-0.1, -0.05) is 19.1 Å². The zero-order chi connectivity index (χ0) is 17.0. The van der Waals surface area contributed by atoms with Gasteiger partial charge in [0.05, 0.1) is 23.4 Å². The van der Waals surface area contributed by atoms with Gasteiger partial charge in [-0.3, -0.25) is 9.71 Å². The van der Waals surface area contributed by atoms with Crippen LogP contribution in [0.1, 0.15) is 13.3 Å². The Morgan fingerprint density at radius 1 is 1.08 bits per heavy atom. The third kappa shape index (κ3) is 3.65. The molecule has 0 fully saturated rings. The highest BCUT2D eigenvalue weighted by Gasteiger charge is 2.14. The Balaban J connectivity index is 1.89. The molecular weight excluding hydrogens is 324 g/mol. The molecule has 0 spiro atoms. The quantitative estimate of drug-likeness (QED) is 0.739. The summed E-state index contributed by atoms with van der Waals surface area (Å²) in [5, 5.41) is 1.77. The van der Waals surface area contributed by atoms with E-state index in [1.54, 1.807) is 36.5 Å². The maximum Gasteiger partial charge on any atom is 0.261 e. The number of hydrogen-bond donors (Lipinski definition) is 1. The van der Waals surface area contributed by atoms with Crippen LogP contribution in [0.4, 0.5) is 5.69 Å². The Hall–Kier alpha value is -2.60. The maximum atomic E-state index is 12.5. The fourth-order valence-electron chi connectivity index (χ4n) is 2.32. The lowest BCUT2D eigenvalue weighted by molar-refractivity contribution is 0.318. The summed E-state index contributed by atoms with van der Waals surface area (Å²) < 4.78 is 33.1. The smallest absolute Gasteiger partial charge is 0.261 e. The maximum absolute atomic E-state index is 12.5. The van der Waals surface area contributed by atoms with Gasteiger partial charge in [-0.25, -0.2) is 8.42 Å². The van der Waals surface area contributed by atoms with E-state index in [0.29, 0.717) is 12.3 Å². The van der Waals surface area contributed by atoms with Gasteiger partial charge in [-0.05, 0) is 53.6 Å². The van der Waals surface area contributed by atoms with E-state index in [2.05, 4.69) is 9.71 Å². The molecule has 0 aliphatic rings. The molecule has 24 heavy (non-hydrogen) atoms. The monoisotopic (exact) mass is 342 g/mol. The molecule has 0 aliphatic heterocycles. The highest BCUT2D eigenvalue weighted by atomic mass is 32.2. The van der Waals surface area contributed by atoms with Crippen molar-refractivity contribution in [1.29, 1.82) is 0 Å². The minimum Gasteiger partial charge on any atom is -0.494 e. The van der Waals surface area contributed by atoms with Crippen molar-refractivity contribution in [2.45, 2.75) is 18.2 Å². The number of aromatic nitrogens is 1. The zero-order valence-electron chi connectivity index (χ0n) is 13.3. The molecule has 6 heteroatoms. The van der Waals surface area contributed by atoms with Crippen molar-refractivity contribution in [2.24, 2.45) is 0 Å². The van der Waals surface area contributed by atoms with Gasteiger partial charge in [0.25, 0.3) is 10.0 Å². The standard InChI is InChI=1S/C18H18N2O3S/c1-2-10-23-17-7-5-15-12-18(8-6-14(15)11-17)24(21,22)20-16-4-3-9-19-13-16/h3-9,11-13,20H,2,10H2,1H3. The second kappa shape index (κ2) is 6.88. The second-order valence-electron chi connectivity index (χ2n) is 5.37. The molecule has 0 unspecified atom stereocenters. The summed E-state index contributed by atoms with van der Waals surface area (Å²) in [6.07, 6.45) is 4.00. The van der Waals surface area contributed by atoms with Crippen LogP contribution in [-0.2, 0) is 10.0 Å². The summed E-state index contributed by atoms with van der Waals surface area (Å²) in [5.74, 6) is 0.786. The summed E-state index contributed by atoms with van der Waals surface area (Å²) in [6.45, 7) is 2.71. The van der Waals surface area contributed by atoms with Crippen LogP contribution in [-0.4, -0.2) is 20.0 Å². The molecule has 124 valence electrons. The fourth-order valence-corrected chi connectivity index (χ4v) is 3.39. The number of pyridine rings is 1. The van der Waals surface area contributed by atoms with Crippen molar-refractivity contribution in [3.8, 4) is 5.75 Å². The summed E-state index contributed by atoms with van der Waals surface area (Å²) in [7, 11) is -3.65. The fraction of sp³-hybridized carbons (Fsp3) is 0.167. The third-order valence-corrected chi connectivity index (χ3v) is 4.86. The number of rotatable bonds is 6. The molecule has 1 N–H and O–H groups in total. The van der Waals surface area contributed by atoms with Crippen LogP contribution in [0.2, 0.25) is 0 Å². The van der Waals surface area contributed by atoms with E-state index in [0.717, 1.165) is 22.9 Å². The molecule has 3 aromatic rings. The largest absolute Gasteiger partial charge is 0.494 e. The van der Waals surface area contributed by atoms with Gasteiger partial charge in [0.15, 0.2) is 0 Å². The van der Waals surface area contributed by atoms with Gasteiger partial charge < -0.3 is 4.74 Å². The Morgan fingerprint density at radius 2 is 1.88 bits per heavy atom. The number of anilines is 1. The lowest BCUT2D eigenvalue weighted by Crippen LogP contribution is -2.12. The van der Waals surface area contributed by atoms with E-state index >= 15 is 0 Å². The molecule has 0 aliphatic carbocycles. The van der Waals surface area contributed by atoms with E-state index < -0.39 is 10.0 Å². The second-order valence-corrected chi connectivity index (χ2v) is 7.05. The first-order valence-corrected chi connectivity index (χ1v) is 9.16. The van der Waals surface area contributed by atoms with Gasteiger partial charge in [0.2, 0.25) is 0 Å². The molecular formula is C18H18N2O3S. The summed E-state index contributed by atoms with van der Waals surface area (Å²) in [4.78, 5) is 4.12. The van der Waals surface area contributed by atoms with Gasteiger partial charge in [0, 0.05) is 6.20 Å². The average Bonchev–Trinajstić information content (AvgIpc) is 2.60. The minimum atomic E-state index is -3.65. The molecule has 1 heterocycles. The highest BCUT2D eigenvalue weighted by molar-refractivity contribution is 7.92. The first kappa shape index (κ1) is 16.3. The van der Waals surface area contributed by atoms with Gasteiger partial charge in [-0.2, -0.15) is 0 Å². The number of hydrogen-bond acceptors (Lipinski definition) is 4. The van der Waals surface area contributed by atoms with Crippen molar-refractivity contribution in [3.05, 3.63) is 60.9 Å². The zero-order valence-corrected chi connectivity index (χ0v) is 14.1. The minimum absolute atomic E-state index is 0.209. The van der Waals surface area contributed by atoms with Crippen LogP contribution in [0.25, 0.3) is 10.8 Å². The lowest BCUT2D eigenvalue weighted by Gasteiger charge is -2.10. The molecule has 0 atom stereocenters. The topological polar surface area (TPSA) is 68.3 Å². The molecule has 3 rings (SSSR count). The number of ether oxygens (including phenoxy) is 1. The van der Waals surface area contributed by atoms with Crippen molar-refractivity contribution in [1.82, 2.24) is 4.98 Å². The number of sulfonamides is 1. The van der Waals surface area contributed by atoms with E-state index in [1.807, 2.05) is 25.1 Å². The molecule has 5 nitrogen and oxygen atoms in total.